The third-order valence-electron chi connectivity index (χ3n) is 5.20. The molecule has 0 spiro atoms. The van der Waals surface area contributed by atoms with Crippen LogP contribution in [0.2, 0.25) is 0 Å². The number of rotatable bonds is 1. The number of hydrogen-bond acceptors (Lipinski definition) is 2. The second kappa shape index (κ2) is 1.96. The van der Waals surface area contributed by atoms with E-state index >= 15 is 0 Å². The molecule has 4 aliphatic rings. The number of aliphatic hydroxyl groups excluding tert-OH is 1. The maximum atomic E-state index is 10.0. The summed E-state index contributed by atoms with van der Waals surface area (Å²) in [6.45, 7) is 6.73. The normalized spacial score (nSPS) is 68.3. The molecule has 1 saturated heterocycles. The fraction of sp³-hybridized carbons (Fsp3) is 1.00. The van der Waals surface area contributed by atoms with Crippen molar-refractivity contribution in [1.82, 2.24) is 0 Å². The van der Waals surface area contributed by atoms with Gasteiger partial charge < -0.3 is 9.84 Å². The van der Waals surface area contributed by atoms with Crippen LogP contribution in [0, 0.1) is 17.3 Å². The van der Waals surface area contributed by atoms with Crippen molar-refractivity contribution in [3.8, 4) is 0 Å². The summed E-state index contributed by atoms with van der Waals surface area (Å²) in [7, 11) is 0. The van der Waals surface area contributed by atoms with Gasteiger partial charge in [0.2, 0.25) is 0 Å². The number of aliphatic hydroxyl groups is 1. The Labute approximate surface area is 79.3 Å². The van der Waals surface area contributed by atoms with E-state index in [9.17, 15) is 5.11 Å². The highest BCUT2D eigenvalue weighted by molar-refractivity contribution is 5.24. The van der Waals surface area contributed by atoms with Crippen LogP contribution < -0.4 is 0 Å². The molecular formula is C11H18O2. The van der Waals surface area contributed by atoms with E-state index in [1.54, 1.807) is 0 Å². The lowest BCUT2D eigenvalue weighted by atomic mass is 9.43. The summed E-state index contributed by atoms with van der Waals surface area (Å²) in [4.78, 5) is 0. The first-order valence-corrected chi connectivity index (χ1v) is 5.40. The van der Waals surface area contributed by atoms with Gasteiger partial charge in [0.05, 0.1) is 11.7 Å². The standard InChI is InChI=1S/C11H18O2/c1-4-10(2)6-5-7(10)11(3)9(13-11)8(6)12/h6-9,12H,4-5H2,1-3H3. The van der Waals surface area contributed by atoms with E-state index in [2.05, 4.69) is 20.8 Å². The molecule has 0 aromatic rings. The van der Waals surface area contributed by atoms with Crippen molar-refractivity contribution in [2.45, 2.75) is 51.4 Å². The smallest absolute Gasteiger partial charge is 0.113 e. The summed E-state index contributed by atoms with van der Waals surface area (Å²) in [5.41, 5.74) is 0.375. The van der Waals surface area contributed by atoms with E-state index in [1.165, 1.54) is 12.8 Å². The second-order valence-corrected chi connectivity index (χ2v) is 5.47. The summed E-state index contributed by atoms with van der Waals surface area (Å²) in [5.74, 6) is 1.20. The molecule has 74 valence electrons. The molecule has 3 aliphatic carbocycles. The number of ether oxygens (including phenoxy) is 1. The molecule has 2 bridgehead atoms. The second-order valence-electron chi connectivity index (χ2n) is 5.47. The van der Waals surface area contributed by atoms with Crippen LogP contribution in [0.15, 0.2) is 0 Å². The van der Waals surface area contributed by atoms with Gasteiger partial charge in [-0.2, -0.15) is 0 Å². The van der Waals surface area contributed by atoms with Crippen molar-refractivity contribution in [2.75, 3.05) is 0 Å². The zero-order chi connectivity index (χ0) is 9.43. The zero-order valence-corrected chi connectivity index (χ0v) is 8.58. The monoisotopic (exact) mass is 182 g/mol. The van der Waals surface area contributed by atoms with Crippen molar-refractivity contribution in [1.29, 1.82) is 0 Å². The minimum atomic E-state index is -0.194. The van der Waals surface area contributed by atoms with Crippen LogP contribution in [0.4, 0.5) is 0 Å². The summed E-state index contributed by atoms with van der Waals surface area (Å²) < 4.78 is 5.68. The predicted molar refractivity (Wildman–Crippen MR) is 49.3 cm³/mol. The van der Waals surface area contributed by atoms with Crippen LogP contribution in [0.25, 0.3) is 0 Å². The van der Waals surface area contributed by atoms with Gasteiger partial charge in [-0.1, -0.05) is 13.8 Å². The Morgan fingerprint density at radius 2 is 2.15 bits per heavy atom. The molecule has 1 N–H and O–H groups in total. The Kier molecular flexibility index (Phi) is 1.24. The first-order chi connectivity index (χ1) is 6.04. The summed E-state index contributed by atoms with van der Waals surface area (Å²) in [6, 6.07) is 0. The molecular weight excluding hydrogens is 164 g/mol. The largest absolute Gasteiger partial charge is 0.390 e. The van der Waals surface area contributed by atoms with Crippen LogP contribution in [0.1, 0.15) is 33.6 Å². The Morgan fingerprint density at radius 3 is 2.69 bits per heavy atom. The van der Waals surface area contributed by atoms with Crippen LogP contribution >= 0.6 is 0 Å². The highest BCUT2D eigenvalue weighted by Gasteiger charge is 2.77. The predicted octanol–water partition coefficient (Wildman–Crippen LogP) is 1.57. The third-order valence-corrected chi connectivity index (χ3v) is 5.20. The molecule has 1 heterocycles. The van der Waals surface area contributed by atoms with Gasteiger partial charge in [0.1, 0.15) is 6.10 Å². The lowest BCUT2D eigenvalue weighted by molar-refractivity contribution is -0.152. The van der Waals surface area contributed by atoms with E-state index < -0.39 is 0 Å². The minimum Gasteiger partial charge on any atom is -0.390 e. The van der Waals surface area contributed by atoms with E-state index in [-0.39, 0.29) is 17.8 Å². The van der Waals surface area contributed by atoms with Crippen LogP contribution in [0.3, 0.4) is 0 Å². The SMILES string of the molecule is CCC1(C)C2CC1C1(C)OC1C2O. The first-order valence-electron chi connectivity index (χ1n) is 5.40. The summed E-state index contributed by atoms with van der Waals surface area (Å²) >= 11 is 0. The van der Waals surface area contributed by atoms with Gasteiger partial charge in [-0.15, -0.1) is 0 Å². The Morgan fingerprint density at radius 1 is 1.46 bits per heavy atom. The summed E-state index contributed by atoms with van der Waals surface area (Å²) in [5, 5.41) is 10.0. The molecule has 4 fully saturated rings. The lowest BCUT2D eigenvalue weighted by Gasteiger charge is -2.60. The fourth-order valence-electron chi connectivity index (χ4n) is 3.96. The van der Waals surface area contributed by atoms with Crippen LogP contribution in [-0.2, 0) is 4.74 Å². The molecule has 4 rings (SSSR count). The molecule has 0 aromatic carbocycles. The van der Waals surface area contributed by atoms with Gasteiger partial charge in [-0.05, 0) is 37.0 Å². The number of epoxide rings is 1. The minimum absolute atomic E-state index is 0.0267. The summed E-state index contributed by atoms with van der Waals surface area (Å²) in [6.07, 6.45) is 2.32. The molecule has 3 saturated carbocycles. The average Bonchev–Trinajstić information content (AvgIpc) is 2.76. The fourth-order valence-corrected chi connectivity index (χ4v) is 3.96. The molecule has 2 nitrogen and oxygen atoms in total. The zero-order valence-electron chi connectivity index (χ0n) is 8.58. The van der Waals surface area contributed by atoms with Crippen molar-refractivity contribution >= 4 is 0 Å². The molecule has 13 heavy (non-hydrogen) atoms. The average molecular weight is 182 g/mol. The van der Waals surface area contributed by atoms with Crippen molar-refractivity contribution in [2.24, 2.45) is 17.3 Å². The Bertz CT molecular complexity index is 265. The molecule has 1 aliphatic heterocycles. The quantitative estimate of drug-likeness (QED) is 0.624. The molecule has 0 amide bonds. The Hall–Kier alpha value is -0.0800. The van der Waals surface area contributed by atoms with Crippen LogP contribution in [0.5, 0.6) is 0 Å². The molecule has 0 aromatic heterocycles. The molecule has 6 atom stereocenters. The van der Waals surface area contributed by atoms with Gasteiger partial charge in [0, 0.05) is 0 Å². The van der Waals surface area contributed by atoms with E-state index in [0.29, 0.717) is 17.3 Å². The van der Waals surface area contributed by atoms with Crippen molar-refractivity contribution < 1.29 is 9.84 Å². The topological polar surface area (TPSA) is 32.8 Å². The van der Waals surface area contributed by atoms with Crippen molar-refractivity contribution in [3.63, 3.8) is 0 Å². The van der Waals surface area contributed by atoms with Gasteiger partial charge in [-0.3, -0.25) is 0 Å². The van der Waals surface area contributed by atoms with E-state index in [4.69, 9.17) is 4.74 Å². The maximum Gasteiger partial charge on any atom is 0.113 e. The van der Waals surface area contributed by atoms with Gasteiger partial charge in [0.25, 0.3) is 0 Å². The first kappa shape index (κ1) is 8.25. The number of hydrogen-bond donors (Lipinski definition) is 1. The van der Waals surface area contributed by atoms with E-state index in [1.807, 2.05) is 0 Å². The molecule has 6 unspecified atom stereocenters. The van der Waals surface area contributed by atoms with Gasteiger partial charge in [0.15, 0.2) is 0 Å². The molecule has 0 radical (unpaired) electrons. The highest BCUT2D eigenvalue weighted by Crippen LogP contribution is 2.71. The maximum absolute atomic E-state index is 10.0. The van der Waals surface area contributed by atoms with Gasteiger partial charge in [-0.25, -0.2) is 0 Å². The molecule has 2 heteroatoms. The van der Waals surface area contributed by atoms with Gasteiger partial charge >= 0.3 is 0 Å². The lowest BCUT2D eigenvalue weighted by Crippen LogP contribution is -2.63. The van der Waals surface area contributed by atoms with Crippen LogP contribution in [-0.4, -0.2) is 22.9 Å². The van der Waals surface area contributed by atoms with Crippen molar-refractivity contribution in [3.05, 3.63) is 0 Å². The van der Waals surface area contributed by atoms with E-state index in [0.717, 1.165) is 0 Å². The Balaban J connectivity index is 1.98. The third kappa shape index (κ3) is 0.668. The highest BCUT2D eigenvalue weighted by atomic mass is 16.6.